The first-order valence-electron chi connectivity index (χ1n) is 6.32. The minimum absolute atomic E-state index is 0.280. The van der Waals surface area contributed by atoms with Gasteiger partial charge in [-0.1, -0.05) is 12.1 Å². The highest BCUT2D eigenvalue weighted by molar-refractivity contribution is 5.90. The van der Waals surface area contributed by atoms with Crippen LogP contribution in [-0.4, -0.2) is 12.8 Å². The van der Waals surface area contributed by atoms with E-state index in [1.807, 2.05) is 38.1 Å². The van der Waals surface area contributed by atoms with Crippen molar-refractivity contribution in [2.24, 2.45) is 10.9 Å². The Morgan fingerprint density at radius 2 is 2.00 bits per heavy atom. The molecular formula is C16H15N3O. The summed E-state index contributed by atoms with van der Waals surface area (Å²) in [6.07, 6.45) is 0. The van der Waals surface area contributed by atoms with Crippen molar-refractivity contribution in [3.8, 4) is 17.9 Å². The molecule has 100 valence electrons. The van der Waals surface area contributed by atoms with Crippen LogP contribution in [0.5, 0.6) is 5.75 Å². The summed E-state index contributed by atoms with van der Waals surface area (Å²) in [6, 6.07) is 12.0. The summed E-state index contributed by atoms with van der Waals surface area (Å²) in [4.78, 5) is 4.33. The zero-order valence-corrected chi connectivity index (χ0v) is 11.7. The Morgan fingerprint density at radius 1 is 1.25 bits per heavy atom. The number of benzene rings is 1. The number of aliphatic imine (C=N–C) groups is 1. The molecule has 1 aliphatic rings. The maximum Gasteiger partial charge on any atom is 0.119 e. The van der Waals surface area contributed by atoms with Gasteiger partial charge in [0.2, 0.25) is 0 Å². The van der Waals surface area contributed by atoms with Gasteiger partial charge < -0.3 is 4.74 Å². The minimum atomic E-state index is -0.416. The highest BCUT2D eigenvalue weighted by Gasteiger charge is 2.33. The van der Waals surface area contributed by atoms with Gasteiger partial charge in [0, 0.05) is 11.6 Å². The Kier molecular flexibility index (Phi) is 3.86. The van der Waals surface area contributed by atoms with Crippen molar-refractivity contribution >= 4 is 5.71 Å². The highest BCUT2D eigenvalue weighted by atomic mass is 16.5. The van der Waals surface area contributed by atoms with Crippen LogP contribution < -0.4 is 4.74 Å². The summed E-state index contributed by atoms with van der Waals surface area (Å²) in [6.45, 7) is 3.64. The Balaban J connectivity index is 2.59. The van der Waals surface area contributed by atoms with Crippen molar-refractivity contribution in [2.45, 2.75) is 19.8 Å². The molecule has 0 bridgehead atoms. The third kappa shape index (κ3) is 2.29. The van der Waals surface area contributed by atoms with Crippen LogP contribution in [0.3, 0.4) is 0 Å². The third-order valence-electron chi connectivity index (χ3n) is 3.54. The molecule has 0 aliphatic carbocycles. The lowest BCUT2D eigenvalue weighted by Gasteiger charge is -2.26. The molecule has 0 saturated carbocycles. The molecule has 1 aliphatic heterocycles. The standard InChI is InChI=1S/C16H15N3O/c1-10-14(8-17)16(15(9-18)11(2)19-10)12-5-4-6-13(7-12)20-3/h4-7,14,16H,1-3H3. The first kappa shape index (κ1) is 13.8. The molecule has 2 unspecified atom stereocenters. The van der Waals surface area contributed by atoms with E-state index < -0.39 is 5.92 Å². The van der Waals surface area contributed by atoms with E-state index in [9.17, 15) is 10.5 Å². The number of rotatable bonds is 2. The molecular weight excluding hydrogens is 250 g/mol. The monoisotopic (exact) mass is 265 g/mol. The fourth-order valence-electron chi connectivity index (χ4n) is 2.54. The number of nitrogens with zero attached hydrogens (tertiary/aromatic N) is 3. The van der Waals surface area contributed by atoms with Crippen LogP contribution in [0.25, 0.3) is 0 Å². The highest BCUT2D eigenvalue weighted by Crippen LogP contribution is 2.38. The van der Waals surface area contributed by atoms with Crippen molar-refractivity contribution in [1.82, 2.24) is 0 Å². The maximum absolute atomic E-state index is 9.43. The van der Waals surface area contributed by atoms with Gasteiger partial charge in [0.05, 0.1) is 36.4 Å². The Labute approximate surface area is 118 Å². The molecule has 4 heteroatoms. The van der Waals surface area contributed by atoms with E-state index in [1.165, 1.54) is 0 Å². The van der Waals surface area contributed by atoms with Crippen LogP contribution >= 0.6 is 0 Å². The average molecular weight is 265 g/mol. The normalized spacial score (nSPS) is 21.8. The van der Waals surface area contributed by atoms with Crippen LogP contribution in [-0.2, 0) is 0 Å². The van der Waals surface area contributed by atoms with Gasteiger partial charge in [0.1, 0.15) is 5.75 Å². The number of ether oxygens (including phenoxy) is 1. The number of allylic oxidation sites excluding steroid dienone is 2. The fraction of sp³-hybridized carbons (Fsp3) is 0.312. The topological polar surface area (TPSA) is 69.2 Å². The van der Waals surface area contributed by atoms with E-state index in [-0.39, 0.29) is 5.92 Å². The number of nitriles is 2. The van der Waals surface area contributed by atoms with E-state index in [0.29, 0.717) is 17.0 Å². The predicted octanol–water partition coefficient (Wildman–Crippen LogP) is 3.19. The third-order valence-corrected chi connectivity index (χ3v) is 3.54. The number of methoxy groups -OCH3 is 1. The molecule has 2 rings (SSSR count). The molecule has 2 atom stereocenters. The van der Waals surface area contributed by atoms with Crippen molar-refractivity contribution in [3.63, 3.8) is 0 Å². The molecule has 0 fully saturated rings. The quantitative estimate of drug-likeness (QED) is 0.824. The SMILES string of the molecule is COc1cccc(C2C(C#N)=C(C)N=C(C)C2C#N)c1. The largest absolute Gasteiger partial charge is 0.497 e. The Bertz CT molecular complexity index is 674. The van der Waals surface area contributed by atoms with Crippen molar-refractivity contribution in [2.75, 3.05) is 7.11 Å². The van der Waals surface area contributed by atoms with E-state index in [0.717, 1.165) is 11.3 Å². The zero-order chi connectivity index (χ0) is 14.7. The summed E-state index contributed by atoms with van der Waals surface area (Å²) in [7, 11) is 1.60. The van der Waals surface area contributed by atoms with Crippen LogP contribution in [0.15, 0.2) is 40.5 Å². The van der Waals surface area contributed by atoms with Gasteiger partial charge in [-0.2, -0.15) is 10.5 Å². The van der Waals surface area contributed by atoms with Crippen molar-refractivity contribution in [1.29, 1.82) is 10.5 Å². The fourth-order valence-corrected chi connectivity index (χ4v) is 2.54. The first-order valence-corrected chi connectivity index (χ1v) is 6.32. The van der Waals surface area contributed by atoms with Gasteiger partial charge in [-0.25, -0.2) is 0 Å². The van der Waals surface area contributed by atoms with Gasteiger partial charge in [-0.15, -0.1) is 0 Å². The van der Waals surface area contributed by atoms with Crippen LogP contribution in [0.1, 0.15) is 25.3 Å². The molecule has 0 spiro atoms. The Morgan fingerprint density at radius 3 is 2.60 bits per heavy atom. The maximum atomic E-state index is 9.43. The van der Waals surface area contributed by atoms with E-state index in [4.69, 9.17) is 4.74 Å². The van der Waals surface area contributed by atoms with Crippen molar-refractivity contribution < 1.29 is 4.74 Å². The number of hydrogen-bond acceptors (Lipinski definition) is 4. The second kappa shape index (κ2) is 5.59. The molecule has 0 N–H and O–H groups in total. The van der Waals surface area contributed by atoms with Crippen LogP contribution in [0.4, 0.5) is 0 Å². The summed E-state index contributed by atoms with van der Waals surface area (Å²) < 4.78 is 5.22. The van der Waals surface area contributed by atoms with Gasteiger partial charge in [-0.05, 0) is 31.5 Å². The van der Waals surface area contributed by atoms with Gasteiger partial charge in [-0.3, -0.25) is 4.99 Å². The molecule has 1 heterocycles. The average Bonchev–Trinajstić information content (AvgIpc) is 2.46. The smallest absolute Gasteiger partial charge is 0.119 e. The molecule has 0 radical (unpaired) electrons. The molecule has 0 aromatic heterocycles. The minimum Gasteiger partial charge on any atom is -0.497 e. The molecule has 20 heavy (non-hydrogen) atoms. The summed E-state index contributed by atoms with van der Waals surface area (Å²) in [5.74, 6) is 0.0207. The molecule has 0 saturated heterocycles. The lowest BCUT2D eigenvalue weighted by Crippen LogP contribution is -2.24. The van der Waals surface area contributed by atoms with E-state index in [1.54, 1.807) is 7.11 Å². The molecule has 1 aromatic carbocycles. The van der Waals surface area contributed by atoms with Crippen LogP contribution in [0.2, 0.25) is 0 Å². The Hall–Kier alpha value is -2.59. The second-order valence-corrected chi connectivity index (χ2v) is 4.73. The summed E-state index contributed by atoms with van der Waals surface area (Å²) in [5, 5.41) is 18.8. The zero-order valence-electron chi connectivity index (χ0n) is 11.7. The van der Waals surface area contributed by atoms with Gasteiger partial charge in [0.15, 0.2) is 0 Å². The molecule has 1 aromatic rings. The second-order valence-electron chi connectivity index (χ2n) is 4.73. The predicted molar refractivity (Wildman–Crippen MR) is 76.3 cm³/mol. The number of hydrogen-bond donors (Lipinski definition) is 0. The first-order chi connectivity index (χ1) is 9.62. The summed E-state index contributed by atoms with van der Waals surface area (Å²) in [5.41, 5.74) is 2.89. The van der Waals surface area contributed by atoms with Gasteiger partial charge in [0.25, 0.3) is 0 Å². The molecule has 4 nitrogen and oxygen atoms in total. The lowest BCUT2D eigenvalue weighted by molar-refractivity contribution is 0.414. The van der Waals surface area contributed by atoms with Crippen molar-refractivity contribution in [3.05, 3.63) is 41.1 Å². The lowest BCUT2D eigenvalue weighted by atomic mass is 9.77. The molecule has 0 amide bonds. The van der Waals surface area contributed by atoms with E-state index in [2.05, 4.69) is 17.1 Å². The van der Waals surface area contributed by atoms with Gasteiger partial charge >= 0.3 is 0 Å². The van der Waals surface area contributed by atoms with E-state index >= 15 is 0 Å². The summed E-state index contributed by atoms with van der Waals surface area (Å²) >= 11 is 0. The van der Waals surface area contributed by atoms with Crippen LogP contribution in [0, 0.1) is 28.6 Å².